The van der Waals surface area contributed by atoms with Gasteiger partial charge in [-0.2, -0.15) is 0 Å². The van der Waals surface area contributed by atoms with Crippen molar-refractivity contribution < 1.29 is 8.42 Å². The third-order valence-corrected chi connectivity index (χ3v) is 3.33. The van der Waals surface area contributed by atoms with Crippen LogP contribution in [-0.2, 0) is 22.0 Å². The number of halogens is 1. The Hall–Kier alpha value is -0.690. The molecule has 84 valence electrons. The van der Waals surface area contributed by atoms with Gasteiger partial charge in [-0.05, 0) is 22.4 Å². The number of sulfone groups is 1. The van der Waals surface area contributed by atoms with Crippen LogP contribution in [0.1, 0.15) is 18.4 Å². The summed E-state index contributed by atoms with van der Waals surface area (Å²) in [5.41, 5.74) is 0.220. The lowest BCUT2D eigenvalue weighted by Gasteiger charge is -2.03. The lowest BCUT2D eigenvalue weighted by molar-refractivity contribution is 0.599. The number of rotatable bonds is 3. The van der Waals surface area contributed by atoms with Gasteiger partial charge in [0.25, 0.3) is 5.56 Å². The summed E-state index contributed by atoms with van der Waals surface area (Å²) in [6.45, 7) is 1.84. The van der Waals surface area contributed by atoms with Crippen molar-refractivity contribution in [2.24, 2.45) is 0 Å². The first-order valence-corrected chi connectivity index (χ1v) is 7.14. The quantitative estimate of drug-likeness (QED) is 0.887. The minimum absolute atomic E-state index is 0.183. The van der Waals surface area contributed by atoms with Crippen molar-refractivity contribution in [2.45, 2.75) is 19.1 Å². The molecule has 0 radical (unpaired) electrons. The van der Waals surface area contributed by atoms with Crippen LogP contribution in [0.15, 0.2) is 9.27 Å². The molecule has 0 aliphatic heterocycles. The zero-order valence-electron chi connectivity index (χ0n) is 8.37. The van der Waals surface area contributed by atoms with Crippen LogP contribution < -0.4 is 5.56 Å². The summed E-state index contributed by atoms with van der Waals surface area (Å²) >= 11 is 3.10. The number of nitrogens with one attached hydrogen (secondary N) is 1. The van der Waals surface area contributed by atoms with E-state index in [9.17, 15) is 13.2 Å². The smallest absolute Gasteiger partial charge is 0.265 e. The maximum Gasteiger partial charge on any atom is 0.265 e. The van der Waals surface area contributed by atoms with Gasteiger partial charge in [0.15, 0.2) is 9.84 Å². The van der Waals surface area contributed by atoms with Crippen LogP contribution in [0.3, 0.4) is 0 Å². The number of H-pyrrole nitrogens is 1. The van der Waals surface area contributed by atoms with Crippen LogP contribution in [0, 0.1) is 0 Å². The Balaban J connectivity index is 3.24. The van der Waals surface area contributed by atoms with Gasteiger partial charge in [-0.15, -0.1) is 0 Å². The van der Waals surface area contributed by atoms with Gasteiger partial charge in [0, 0.05) is 6.26 Å². The molecule has 5 nitrogen and oxygen atoms in total. The molecular formula is C8H11BrN2O3S. The Bertz CT molecular complexity index is 521. The highest BCUT2D eigenvalue weighted by atomic mass is 79.9. The van der Waals surface area contributed by atoms with Gasteiger partial charge < -0.3 is 4.98 Å². The molecule has 0 saturated carbocycles. The van der Waals surface area contributed by atoms with Crippen LogP contribution in [-0.4, -0.2) is 24.6 Å². The van der Waals surface area contributed by atoms with E-state index in [2.05, 4.69) is 25.9 Å². The van der Waals surface area contributed by atoms with Crippen LogP contribution in [0.2, 0.25) is 0 Å². The number of aryl methyl sites for hydroxylation is 1. The topological polar surface area (TPSA) is 79.9 Å². The van der Waals surface area contributed by atoms with Crippen LogP contribution >= 0.6 is 15.9 Å². The zero-order valence-corrected chi connectivity index (χ0v) is 10.8. The molecule has 1 N–H and O–H groups in total. The SMILES string of the molecule is CCc1nc(CS(C)(=O)=O)[nH]c(=O)c1Br. The molecule has 15 heavy (non-hydrogen) atoms. The minimum Gasteiger partial charge on any atom is -0.309 e. The van der Waals surface area contributed by atoms with Crippen molar-refractivity contribution in [3.05, 3.63) is 26.3 Å². The zero-order chi connectivity index (χ0) is 11.6. The number of aromatic amines is 1. The Labute approximate surface area is 96.0 Å². The molecule has 0 unspecified atom stereocenters. The fourth-order valence-corrected chi connectivity index (χ4v) is 2.21. The molecule has 7 heteroatoms. The number of hydrogen-bond donors (Lipinski definition) is 1. The van der Waals surface area contributed by atoms with Crippen molar-refractivity contribution in [3.63, 3.8) is 0 Å². The molecule has 0 saturated heterocycles. The van der Waals surface area contributed by atoms with Gasteiger partial charge in [0.05, 0.1) is 5.69 Å². The van der Waals surface area contributed by atoms with Crippen LogP contribution in [0.25, 0.3) is 0 Å². The number of hydrogen-bond acceptors (Lipinski definition) is 4. The molecule has 1 aromatic rings. The maximum atomic E-state index is 11.4. The van der Waals surface area contributed by atoms with Gasteiger partial charge in [0.2, 0.25) is 0 Å². The summed E-state index contributed by atoms with van der Waals surface area (Å²) in [5.74, 6) is -0.0646. The first-order chi connectivity index (χ1) is 6.83. The third-order valence-electron chi connectivity index (χ3n) is 1.71. The third kappa shape index (κ3) is 3.42. The molecule has 0 spiro atoms. The molecular weight excluding hydrogens is 284 g/mol. The molecule has 0 aliphatic rings. The Morgan fingerprint density at radius 3 is 2.53 bits per heavy atom. The molecule has 0 atom stereocenters. The normalized spacial score (nSPS) is 11.7. The molecule has 0 amide bonds. The lowest BCUT2D eigenvalue weighted by atomic mass is 10.3. The average Bonchev–Trinajstić information content (AvgIpc) is 2.08. The highest BCUT2D eigenvalue weighted by Crippen LogP contribution is 2.10. The second-order valence-electron chi connectivity index (χ2n) is 3.20. The van der Waals surface area contributed by atoms with E-state index in [-0.39, 0.29) is 17.1 Å². The fourth-order valence-electron chi connectivity index (χ4n) is 1.11. The molecule has 1 aromatic heterocycles. The van der Waals surface area contributed by atoms with E-state index in [1.807, 2.05) is 6.92 Å². The number of nitrogens with zero attached hydrogens (tertiary/aromatic N) is 1. The van der Waals surface area contributed by atoms with E-state index in [0.29, 0.717) is 16.6 Å². The predicted octanol–water partition coefficient (Wildman–Crippen LogP) is 0.639. The summed E-state index contributed by atoms with van der Waals surface area (Å²) in [7, 11) is -3.18. The first-order valence-electron chi connectivity index (χ1n) is 4.28. The largest absolute Gasteiger partial charge is 0.309 e. The van der Waals surface area contributed by atoms with Crippen molar-refractivity contribution in [3.8, 4) is 0 Å². The first kappa shape index (κ1) is 12.4. The van der Waals surface area contributed by atoms with E-state index in [4.69, 9.17) is 0 Å². The number of aromatic nitrogens is 2. The summed E-state index contributed by atoms with van der Waals surface area (Å²) in [4.78, 5) is 17.8. The second-order valence-corrected chi connectivity index (χ2v) is 6.13. The van der Waals surface area contributed by atoms with Crippen molar-refractivity contribution in [1.29, 1.82) is 0 Å². The van der Waals surface area contributed by atoms with E-state index < -0.39 is 9.84 Å². The lowest BCUT2D eigenvalue weighted by Crippen LogP contribution is -2.17. The predicted molar refractivity (Wildman–Crippen MR) is 60.5 cm³/mol. The highest BCUT2D eigenvalue weighted by Gasteiger charge is 2.11. The summed E-state index contributed by atoms with van der Waals surface area (Å²) in [6.07, 6.45) is 1.67. The van der Waals surface area contributed by atoms with Gasteiger partial charge in [-0.25, -0.2) is 13.4 Å². The summed E-state index contributed by atoms with van der Waals surface area (Å²) in [5, 5.41) is 0. The van der Waals surface area contributed by atoms with Crippen LogP contribution in [0.4, 0.5) is 0 Å². The highest BCUT2D eigenvalue weighted by molar-refractivity contribution is 9.10. The Morgan fingerprint density at radius 1 is 1.47 bits per heavy atom. The van der Waals surface area contributed by atoms with Crippen molar-refractivity contribution in [2.75, 3.05) is 6.26 Å². The van der Waals surface area contributed by atoms with Crippen LogP contribution in [0.5, 0.6) is 0 Å². The average molecular weight is 295 g/mol. The molecule has 0 bridgehead atoms. The summed E-state index contributed by atoms with van der Waals surface area (Å²) < 4.78 is 22.4. The maximum absolute atomic E-state index is 11.4. The van der Waals surface area contributed by atoms with E-state index in [1.165, 1.54) is 0 Å². The van der Waals surface area contributed by atoms with Gasteiger partial charge in [-0.3, -0.25) is 4.79 Å². The molecule has 0 aliphatic carbocycles. The monoisotopic (exact) mass is 294 g/mol. The van der Waals surface area contributed by atoms with Crippen molar-refractivity contribution in [1.82, 2.24) is 9.97 Å². The van der Waals surface area contributed by atoms with E-state index in [0.717, 1.165) is 6.26 Å². The molecule has 0 fully saturated rings. The standard InChI is InChI=1S/C8H11BrN2O3S/c1-3-5-7(9)8(12)11-6(10-5)4-15(2,13)14/h3-4H2,1-2H3,(H,10,11,12). The van der Waals surface area contributed by atoms with E-state index >= 15 is 0 Å². The van der Waals surface area contributed by atoms with E-state index in [1.54, 1.807) is 0 Å². The van der Waals surface area contributed by atoms with Crippen molar-refractivity contribution >= 4 is 25.8 Å². The summed E-state index contributed by atoms with van der Waals surface area (Å²) in [6, 6.07) is 0. The Morgan fingerprint density at radius 2 is 2.07 bits per heavy atom. The fraction of sp³-hybridized carbons (Fsp3) is 0.500. The van der Waals surface area contributed by atoms with Gasteiger partial charge >= 0.3 is 0 Å². The second kappa shape index (κ2) is 4.44. The molecule has 1 heterocycles. The Kier molecular flexibility index (Phi) is 3.67. The van der Waals surface area contributed by atoms with Gasteiger partial charge in [-0.1, -0.05) is 6.92 Å². The minimum atomic E-state index is -3.18. The van der Waals surface area contributed by atoms with Gasteiger partial charge in [0.1, 0.15) is 16.0 Å². The molecule has 0 aromatic carbocycles. The molecule has 1 rings (SSSR count).